The molecule has 4 fully saturated rings. The van der Waals surface area contributed by atoms with Crippen molar-refractivity contribution < 1.29 is 19.2 Å². The van der Waals surface area contributed by atoms with Crippen molar-refractivity contribution in [3.05, 3.63) is 12.2 Å². The van der Waals surface area contributed by atoms with Crippen LogP contribution in [0, 0.1) is 17.8 Å². The minimum atomic E-state index is -0.586. The minimum Gasteiger partial charge on any atom is -0.299 e. The van der Waals surface area contributed by atoms with Crippen LogP contribution in [0.2, 0.25) is 0 Å². The maximum atomic E-state index is 12.1. The number of carbonyl (C=O) groups is 4. The van der Waals surface area contributed by atoms with Crippen LogP contribution in [-0.4, -0.2) is 33.8 Å². The van der Waals surface area contributed by atoms with Gasteiger partial charge in [0.05, 0.1) is 11.5 Å². The lowest BCUT2D eigenvalue weighted by atomic mass is 9.51. The Balaban J connectivity index is 1.78. The summed E-state index contributed by atoms with van der Waals surface area (Å²) in [7, 11) is 0. The Morgan fingerprint density at radius 1 is 0.895 bits per heavy atom. The molecule has 98 valence electrons. The molecule has 4 aliphatic carbocycles. The molecule has 5 aliphatic rings. The predicted molar refractivity (Wildman–Crippen MR) is 62.7 cm³/mol. The quantitative estimate of drug-likeness (QED) is 0.499. The van der Waals surface area contributed by atoms with Gasteiger partial charge in [0.25, 0.3) is 11.8 Å². The standard InChI is InChI=1S/C14H13NO4/c16-10-1-2-11(17)15(10)14-4-7-3-8(5-14)13(19)9(6-14)12(7)18/h1-2,7-9H,3-6H2. The summed E-state index contributed by atoms with van der Waals surface area (Å²) in [4.78, 5) is 49.3. The number of ketones is 2. The Hall–Kier alpha value is -1.78. The average Bonchev–Trinajstić information content (AvgIpc) is 2.71. The molecule has 4 saturated carbocycles. The van der Waals surface area contributed by atoms with Crippen LogP contribution in [-0.2, 0) is 19.2 Å². The SMILES string of the molecule is O=C1C2CC3CC(N4C(=O)C=CC4=O)(C2)CC1C3=O. The van der Waals surface area contributed by atoms with E-state index in [2.05, 4.69) is 0 Å². The number of nitrogens with zero attached hydrogens (tertiary/aromatic N) is 1. The molecule has 4 bridgehead atoms. The topological polar surface area (TPSA) is 71.5 Å². The fourth-order valence-electron chi connectivity index (χ4n) is 4.54. The molecule has 2 amide bonds. The van der Waals surface area contributed by atoms with Crippen molar-refractivity contribution in [3.63, 3.8) is 0 Å². The molecule has 5 nitrogen and oxygen atoms in total. The summed E-state index contributed by atoms with van der Waals surface area (Å²) in [6.07, 6.45) is 4.61. The Labute approximate surface area is 109 Å². The van der Waals surface area contributed by atoms with Crippen molar-refractivity contribution >= 4 is 23.4 Å². The van der Waals surface area contributed by atoms with E-state index >= 15 is 0 Å². The van der Waals surface area contributed by atoms with Crippen molar-refractivity contribution in [3.8, 4) is 0 Å². The monoisotopic (exact) mass is 259 g/mol. The van der Waals surface area contributed by atoms with E-state index in [0.717, 1.165) is 0 Å². The van der Waals surface area contributed by atoms with E-state index < -0.39 is 11.5 Å². The van der Waals surface area contributed by atoms with E-state index in [4.69, 9.17) is 0 Å². The first kappa shape index (κ1) is 11.1. The van der Waals surface area contributed by atoms with Gasteiger partial charge in [0, 0.05) is 24.0 Å². The molecule has 1 aliphatic heterocycles. The molecule has 0 aromatic heterocycles. The van der Waals surface area contributed by atoms with E-state index in [1.807, 2.05) is 0 Å². The van der Waals surface area contributed by atoms with Gasteiger partial charge in [0.15, 0.2) is 0 Å². The van der Waals surface area contributed by atoms with Crippen LogP contribution >= 0.6 is 0 Å². The number of rotatable bonds is 1. The maximum absolute atomic E-state index is 12.1. The summed E-state index contributed by atoms with van der Waals surface area (Å²) in [6.45, 7) is 0. The summed E-state index contributed by atoms with van der Waals surface area (Å²) in [5.74, 6) is -1.40. The zero-order chi connectivity index (χ0) is 13.4. The molecular weight excluding hydrogens is 246 g/mol. The van der Waals surface area contributed by atoms with Crippen molar-refractivity contribution in [2.75, 3.05) is 0 Å². The van der Waals surface area contributed by atoms with Crippen LogP contribution in [0.5, 0.6) is 0 Å². The first-order valence-corrected chi connectivity index (χ1v) is 6.65. The Bertz CT molecular complexity index is 534. The summed E-state index contributed by atoms with van der Waals surface area (Å²) in [5, 5.41) is 0. The van der Waals surface area contributed by atoms with Gasteiger partial charge < -0.3 is 0 Å². The highest BCUT2D eigenvalue weighted by atomic mass is 16.2. The van der Waals surface area contributed by atoms with Crippen LogP contribution in [0.3, 0.4) is 0 Å². The Morgan fingerprint density at radius 2 is 1.42 bits per heavy atom. The second kappa shape index (κ2) is 3.21. The predicted octanol–water partition coefficient (Wildman–Crippen LogP) is 0.238. The molecule has 1 heterocycles. The second-order valence-corrected chi connectivity index (χ2v) is 6.17. The lowest BCUT2D eigenvalue weighted by Crippen LogP contribution is -2.66. The molecule has 2 unspecified atom stereocenters. The van der Waals surface area contributed by atoms with E-state index in [1.165, 1.54) is 17.1 Å². The molecule has 0 aromatic carbocycles. The molecular formula is C14H13NO4. The van der Waals surface area contributed by atoms with Crippen LogP contribution < -0.4 is 0 Å². The fourth-order valence-corrected chi connectivity index (χ4v) is 4.54. The minimum absolute atomic E-state index is 0.0311. The van der Waals surface area contributed by atoms with Crippen molar-refractivity contribution in [1.82, 2.24) is 4.90 Å². The van der Waals surface area contributed by atoms with Crippen molar-refractivity contribution in [2.45, 2.75) is 31.2 Å². The highest BCUT2D eigenvalue weighted by Gasteiger charge is 2.63. The van der Waals surface area contributed by atoms with Crippen LogP contribution in [0.1, 0.15) is 25.7 Å². The first-order chi connectivity index (χ1) is 9.02. The molecule has 0 N–H and O–H groups in total. The second-order valence-electron chi connectivity index (χ2n) is 6.17. The molecule has 19 heavy (non-hydrogen) atoms. The third-order valence-corrected chi connectivity index (χ3v) is 5.18. The van der Waals surface area contributed by atoms with Gasteiger partial charge in [0.1, 0.15) is 11.6 Å². The number of hydrogen-bond donors (Lipinski definition) is 0. The van der Waals surface area contributed by atoms with E-state index in [9.17, 15) is 19.2 Å². The third-order valence-electron chi connectivity index (χ3n) is 5.18. The number of imide groups is 1. The van der Waals surface area contributed by atoms with Gasteiger partial charge in [-0.2, -0.15) is 0 Å². The summed E-state index contributed by atoms with van der Waals surface area (Å²) in [6, 6.07) is 0. The van der Waals surface area contributed by atoms with Crippen molar-refractivity contribution in [2.24, 2.45) is 17.8 Å². The summed E-state index contributed by atoms with van der Waals surface area (Å²) < 4.78 is 0. The molecule has 2 atom stereocenters. The maximum Gasteiger partial charge on any atom is 0.254 e. The smallest absolute Gasteiger partial charge is 0.254 e. The highest BCUT2D eigenvalue weighted by Crippen LogP contribution is 2.55. The zero-order valence-corrected chi connectivity index (χ0v) is 10.3. The highest BCUT2D eigenvalue weighted by molar-refractivity contribution is 6.15. The molecule has 0 saturated heterocycles. The van der Waals surface area contributed by atoms with Gasteiger partial charge >= 0.3 is 0 Å². The molecule has 0 spiro atoms. The van der Waals surface area contributed by atoms with Crippen molar-refractivity contribution in [1.29, 1.82) is 0 Å². The molecule has 5 heteroatoms. The Morgan fingerprint density at radius 3 is 1.95 bits per heavy atom. The zero-order valence-electron chi connectivity index (χ0n) is 10.3. The van der Waals surface area contributed by atoms with Crippen LogP contribution in [0.4, 0.5) is 0 Å². The molecule has 0 radical (unpaired) electrons. The van der Waals surface area contributed by atoms with Crippen LogP contribution in [0.25, 0.3) is 0 Å². The van der Waals surface area contributed by atoms with E-state index in [1.54, 1.807) is 0 Å². The largest absolute Gasteiger partial charge is 0.299 e. The van der Waals surface area contributed by atoms with Crippen LogP contribution in [0.15, 0.2) is 12.2 Å². The van der Waals surface area contributed by atoms with E-state index in [0.29, 0.717) is 25.7 Å². The van der Waals surface area contributed by atoms with Gasteiger partial charge in [-0.3, -0.25) is 24.1 Å². The van der Waals surface area contributed by atoms with Gasteiger partial charge in [0.2, 0.25) is 0 Å². The fraction of sp³-hybridized carbons (Fsp3) is 0.571. The summed E-state index contributed by atoms with van der Waals surface area (Å²) in [5.41, 5.74) is -0.586. The normalized spacial score (nSPS) is 43.8. The number of hydrogen-bond acceptors (Lipinski definition) is 4. The number of carbonyl (C=O) groups excluding carboxylic acids is 4. The average molecular weight is 259 g/mol. The van der Waals surface area contributed by atoms with Gasteiger partial charge in [-0.1, -0.05) is 0 Å². The van der Waals surface area contributed by atoms with E-state index in [-0.39, 0.29) is 35.2 Å². The number of Topliss-reactive ketones (excluding diaryl/α,β-unsaturated/α-hetero) is 2. The van der Waals surface area contributed by atoms with Gasteiger partial charge in [-0.25, -0.2) is 0 Å². The lowest BCUT2D eigenvalue weighted by Gasteiger charge is -2.57. The third kappa shape index (κ3) is 1.20. The summed E-state index contributed by atoms with van der Waals surface area (Å²) >= 11 is 0. The van der Waals surface area contributed by atoms with Gasteiger partial charge in [-0.05, 0) is 25.7 Å². The molecule has 5 rings (SSSR count). The molecule has 0 aromatic rings. The number of amides is 2. The Kier molecular flexibility index (Phi) is 1.87. The van der Waals surface area contributed by atoms with Gasteiger partial charge in [-0.15, -0.1) is 0 Å². The lowest BCUT2D eigenvalue weighted by molar-refractivity contribution is -0.170. The first-order valence-electron chi connectivity index (χ1n) is 6.65.